The number of aromatic nitrogens is 3. The number of ketones is 2. The molecule has 1 unspecified atom stereocenters. The van der Waals surface area contributed by atoms with E-state index in [9.17, 15) is 9.59 Å². The van der Waals surface area contributed by atoms with Crippen molar-refractivity contribution in [1.29, 1.82) is 0 Å². The number of benzene rings is 2. The standard InChI is InChI=1S/C21H15N3O3/c1-12-6-8-13(9-7-12)24-11-17(22-23-24)18-10-16-19(25)14-4-2-3-5-15(14)20(26)21(16)27-18/h2-9,11,18H,10H2,1H3. The Bertz CT molecular complexity index is 1080. The van der Waals surface area contributed by atoms with Crippen LogP contribution in [0.4, 0.5) is 0 Å². The molecule has 0 N–H and O–H groups in total. The Balaban J connectivity index is 1.44. The van der Waals surface area contributed by atoms with Gasteiger partial charge in [0.25, 0.3) is 0 Å². The molecule has 1 atom stereocenters. The maximum absolute atomic E-state index is 12.7. The summed E-state index contributed by atoms with van der Waals surface area (Å²) in [6.07, 6.45) is 1.60. The average Bonchev–Trinajstić information content (AvgIpc) is 3.34. The topological polar surface area (TPSA) is 74.1 Å². The summed E-state index contributed by atoms with van der Waals surface area (Å²) in [5.74, 6) is -0.240. The summed E-state index contributed by atoms with van der Waals surface area (Å²) in [5, 5.41) is 8.35. The number of carbonyl (C=O) groups is 2. The van der Waals surface area contributed by atoms with Crippen LogP contribution in [-0.2, 0) is 4.74 Å². The number of carbonyl (C=O) groups excluding carboxylic acids is 2. The molecule has 5 rings (SSSR count). The van der Waals surface area contributed by atoms with Gasteiger partial charge >= 0.3 is 0 Å². The highest BCUT2D eigenvalue weighted by Gasteiger charge is 2.41. The number of rotatable bonds is 2. The lowest BCUT2D eigenvalue weighted by atomic mass is 9.87. The van der Waals surface area contributed by atoms with Gasteiger partial charge in [0.1, 0.15) is 11.8 Å². The summed E-state index contributed by atoms with van der Waals surface area (Å²) in [5.41, 5.74) is 3.89. The van der Waals surface area contributed by atoms with Crippen LogP contribution in [0, 0.1) is 6.92 Å². The van der Waals surface area contributed by atoms with Crippen molar-refractivity contribution in [3.63, 3.8) is 0 Å². The predicted octanol–water partition coefficient (Wildman–Crippen LogP) is 3.37. The number of aryl methyl sites for hydroxylation is 1. The number of allylic oxidation sites excluding steroid dienone is 1. The first-order valence-electron chi connectivity index (χ1n) is 8.69. The highest BCUT2D eigenvalue weighted by molar-refractivity contribution is 6.26. The van der Waals surface area contributed by atoms with E-state index in [2.05, 4.69) is 10.3 Å². The van der Waals surface area contributed by atoms with Gasteiger partial charge in [-0.1, -0.05) is 47.2 Å². The molecule has 132 valence electrons. The number of nitrogens with zero attached hydrogens (tertiary/aromatic N) is 3. The second-order valence-electron chi connectivity index (χ2n) is 6.75. The van der Waals surface area contributed by atoms with Crippen molar-refractivity contribution in [2.75, 3.05) is 0 Å². The zero-order chi connectivity index (χ0) is 18.5. The van der Waals surface area contributed by atoms with E-state index < -0.39 is 6.10 Å². The van der Waals surface area contributed by atoms with Gasteiger partial charge < -0.3 is 4.74 Å². The quantitative estimate of drug-likeness (QED) is 0.703. The van der Waals surface area contributed by atoms with Crippen molar-refractivity contribution < 1.29 is 14.3 Å². The molecular weight excluding hydrogens is 342 g/mol. The average molecular weight is 357 g/mol. The lowest BCUT2D eigenvalue weighted by Gasteiger charge is -2.14. The molecule has 3 aromatic rings. The Morgan fingerprint density at radius 3 is 2.44 bits per heavy atom. The minimum atomic E-state index is -0.489. The molecule has 1 aromatic heterocycles. The Morgan fingerprint density at radius 2 is 1.70 bits per heavy atom. The molecule has 2 aliphatic rings. The van der Waals surface area contributed by atoms with Gasteiger partial charge in [0.2, 0.25) is 5.78 Å². The van der Waals surface area contributed by atoms with Crippen molar-refractivity contribution in [3.8, 4) is 5.69 Å². The van der Waals surface area contributed by atoms with Crippen LogP contribution in [0.1, 0.15) is 44.5 Å². The summed E-state index contributed by atoms with van der Waals surface area (Å²) < 4.78 is 7.51. The molecule has 6 nitrogen and oxygen atoms in total. The maximum Gasteiger partial charge on any atom is 0.228 e. The van der Waals surface area contributed by atoms with E-state index >= 15 is 0 Å². The smallest absolute Gasteiger partial charge is 0.228 e. The van der Waals surface area contributed by atoms with Gasteiger partial charge in [-0.15, -0.1) is 5.10 Å². The largest absolute Gasteiger partial charge is 0.479 e. The Morgan fingerprint density at radius 1 is 1.00 bits per heavy atom. The minimum Gasteiger partial charge on any atom is -0.479 e. The zero-order valence-electron chi connectivity index (χ0n) is 14.5. The van der Waals surface area contributed by atoms with Crippen LogP contribution in [0.5, 0.6) is 0 Å². The third-order valence-electron chi connectivity index (χ3n) is 4.96. The number of fused-ring (bicyclic) bond motifs is 1. The Hall–Kier alpha value is -3.54. The van der Waals surface area contributed by atoms with E-state index in [-0.39, 0.29) is 17.3 Å². The fraction of sp³-hybridized carbons (Fsp3) is 0.143. The van der Waals surface area contributed by atoms with Gasteiger partial charge in [-0.3, -0.25) is 9.59 Å². The molecule has 1 aliphatic heterocycles. The lowest BCUT2D eigenvalue weighted by Crippen LogP contribution is -2.19. The van der Waals surface area contributed by atoms with Gasteiger partial charge in [-0.25, -0.2) is 4.68 Å². The van der Waals surface area contributed by atoms with E-state index in [1.165, 1.54) is 0 Å². The fourth-order valence-corrected chi connectivity index (χ4v) is 3.50. The van der Waals surface area contributed by atoms with Crippen LogP contribution in [0.3, 0.4) is 0 Å². The van der Waals surface area contributed by atoms with Crippen LogP contribution >= 0.6 is 0 Å². The number of hydrogen-bond acceptors (Lipinski definition) is 5. The molecule has 0 radical (unpaired) electrons. The Kier molecular flexibility index (Phi) is 3.33. The highest BCUT2D eigenvalue weighted by Crippen LogP contribution is 2.41. The number of Topliss-reactive ketones (excluding diaryl/α,β-unsaturated/α-hetero) is 2. The SMILES string of the molecule is Cc1ccc(-n2cc(C3CC4=C(O3)C(=O)c3ccccc3C4=O)nn2)cc1. The molecule has 6 heteroatoms. The van der Waals surface area contributed by atoms with Gasteiger partial charge in [0.15, 0.2) is 11.5 Å². The summed E-state index contributed by atoms with van der Waals surface area (Å²) >= 11 is 0. The molecule has 0 spiro atoms. The van der Waals surface area contributed by atoms with E-state index in [1.807, 2.05) is 31.2 Å². The molecule has 1 aliphatic carbocycles. The van der Waals surface area contributed by atoms with E-state index in [1.54, 1.807) is 35.1 Å². The normalized spacial score (nSPS) is 18.3. The van der Waals surface area contributed by atoms with E-state index in [0.717, 1.165) is 11.3 Å². The second-order valence-corrected chi connectivity index (χ2v) is 6.75. The monoisotopic (exact) mass is 357 g/mol. The molecule has 0 fully saturated rings. The molecule has 0 amide bonds. The molecule has 0 saturated carbocycles. The third-order valence-corrected chi connectivity index (χ3v) is 4.96. The van der Waals surface area contributed by atoms with Crippen molar-refractivity contribution in [3.05, 3.63) is 88.4 Å². The highest BCUT2D eigenvalue weighted by atomic mass is 16.5. The predicted molar refractivity (Wildman–Crippen MR) is 96.7 cm³/mol. The van der Waals surface area contributed by atoms with E-state index in [0.29, 0.717) is 28.8 Å². The van der Waals surface area contributed by atoms with Crippen molar-refractivity contribution in [2.45, 2.75) is 19.4 Å². The molecular formula is C21H15N3O3. The van der Waals surface area contributed by atoms with Crippen LogP contribution in [0.2, 0.25) is 0 Å². The maximum atomic E-state index is 12.7. The van der Waals surface area contributed by atoms with Gasteiger partial charge in [-0.05, 0) is 19.1 Å². The van der Waals surface area contributed by atoms with Crippen molar-refractivity contribution in [1.82, 2.24) is 15.0 Å². The Labute approximate surface area is 155 Å². The second kappa shape index (κ2) is 5.74. The van der Waals surface area contributed by atoms with Gasteiger partial charge in [0, 0.05) is 17.5 Å². The summed E-state index contributed by atoms with van der Waals surface area (Å²) in [4.78, 5) is 25.5. The number of hydrogen-bond donors (Lipinski definition) is 0. The van der Waals surface area contributed by atoms with Crippen molar-refractivity contribution >= 4 is 11.6 Å². The molecule has 27 heavy (non-hydrogen) atoms. The van der Waals surface area contributed by atoms with Gasteiger partial charge in [-0.2, -0.15) is 0 Å². The van der Waals surface area contributed by atoms with E-state index in [4.69, 9.17) is 4.74 Å². The van der Waals surface area contributed by atoms with Crippen LogP contribution < -0.4 is 0 Å². The molecule has 2 heterocycles. The molecule has 0 bridgehead atoms. The molecule has 2 aromatic carbocycles. The van der Waals surface area contributed by atoms with Gasteiger partial charge in [0.05, 0.1) is 17.5 Å². The van der Waals surface area contributed by atoms with Crippen LogP contribution in [-0.4, -0.2) is 26.6 Å². The molecule has 0 saturated heterocycles. The van der Waals surface area contributed by atoms with Crippen LogP contribution in [0.15, 0.2) is 66.1 Å². The lowest BCUT2D eigenvalue weighted by molar-refractivity contribution is 0.0834. The van der Waals surface area contributed by atoms with Crippen molar-refractivity contribution in [2.24, 2.45) is 0 Å². The fourth-order valence-electron chi connectivity index (χ4n) is 3.50. The summed E-state index contributed by atoms with van der Waals surface area (Å²) in [6, 6.07) is 14.7. The first-order valence-corrected chi connectivity index (χ1v) is 8.69. The summed E-state index contributed by atoms with van der Waals surface area (Å²) in [6.45, 7) is 2.02. The van der Waals surface area contributed by atoms with Crippen LogP contribution in [0.25, 0.3) is 5.69 Å². The first-order chi connectivity index (χ1) is 13.1. The third kappa shape index (κ3) is 2.41. The zero-order valence-corrected chi connectivity index (χ0v) is 14.5. The summed E-state index contributed by atoms with van der Waals surface area (Å²) in [7, 11) is 0. The number of ether oxygens (including phenoxy) is 1. The minimum absolute atomic E-state index is 0.145. The first kappa shape index (κ1) is 15.7.